The van der Waals surface area contributed by atoms with Gasteiger partial charge in [-0.25, -0.2) is 0 Å². The summed E-state index contributed by atoms with van der Waals surface area (Å²) in [6.07, 6.45) is 2.28. The Labute approximate surface area is 134 Å². The Morgan fingerprint density at radius 2 is 1.91 bits per heavy atom. The first-order valence-electron chi connectivity index (χ1n) is 6.24. The first-order valence-corrected chi connectivity index (χ1v) is 6.62. The minimum absolute atomic E-state index is 0.129. The lowest BCUT2D eigenvalue weighted by molar-refractivity contribution is -0.402. The number of hydrogen-bond donors (Lipinski definition) is 2. The van der Waals surface area contributed by atoms with E-state index in [0.717, 1.165) is 12.1 Å². The van der Waals surface area contributed by atoms with Gasteiger partial charge in [0.2, 0.25) is 0 Å². The average molecular weight is 336 g/mol. The molecule has 0 atom stereocenters. The third-order valence-electron chi connectivity index (χ3n) is 2.61. The van der Waals surface area contributed by atoms with Crippen LogP contribution in [0.4, 0.5) is 5.88 Å². The Hall–Kier alpha value is -3.13. The Morgan fingerprint density at radius 3 is 2.57 bits per heavy atom. The van der Waals surface area contributed by atoms with Gasteiger partial charge in [-0.2, -0.15) is 0 Å². The van der Waals surface area contributed by atoms with Crippen LogP contribution in [0, 0.1) is 10.1 Å². The number of hydrazine groups is 1. The van der Waals surface area contributed by atoms with Crippen LogP contribution in [0.25, 0.3) is 6.08 Å². The highest BCUT2D eigenvalue weighted by Crippen LogP contribution is 2.16. The molecule has 2 aromatic rings. The van der Waals surface area contributed by atoms with Gasteiger partial charge in [-0.15, -0.1) is 0 Å². The number of carbonyl (C=O) groups is 2. The van der Waals surface area contributed by atoms with Crippen molar-refractivity contribution in [1.82, 2.24) is 10.9 Å². The summed E-state index contributed by atoms with van der Waals surface area (Å²) in [5.41, 5.74) is 4.54. The zero-order valence-corrected chi connectivity index (χ0v) is 12.2. The van der Waals surface area contributed by atoms with Crippen LogP contribution >= 0.6 is 11.6 Å². The SMILES string of the molecule is O=C(/C=C/c1ccc([N+](=O)[O-])o1)NNC(=O)c1ccccc1Cl. The second-order valence-corrected chi connectivity index (χ2v) is 4.60. The summed E-state index contributed by atoms with van der Waals surface area (Å²) in [6.45, 7) is 0. The minimum Gasteiger partial charge on any atom is -0.401 e. The molecular weight excluding hydrogens is 326 g/mol. The molecule has 23 heavy (non-hydrogen) atoms. The standard InChI is InChI=1S/C14H10ClN3O5/c15-11-4-2-1-3-10(11)14(20)17-16-12(19)7-5-9-6-8-13(23-9)18(21)22/h1-8H,(H,16,19)(H,17,20)/b7-5+. The lowest BCUT2D eigenvalue weighted by Gasteiger charge is -2.06. The van der Waals surface area contributed by atoms with Crippen molar-refractivity contribution in [2.45, 2.75) is 0 Å². The summed E-state index contributed by atoms with van der Waals surface area (Å²) in [5.74, 6) is -1.53. The van der Waals surface area contributed by atoms with Crippen molar-refractivity contribution in [2.75, 3.05) is 0 Å². The maximum Gasteiger partial charge on any atom is 0.433 e. The van der Waals surface area contributed by atoms with E-state index < -0.39 is 22.6 Å². The Morgan fingerprint density at radius 1 is 1.17 bits per heavy atom. The minimum atomic E-state index is -0.693. The van der Waals surface area contributed by atoms with Crippen LogP contribution in [0.5, 0.6) is 0 Å². The lowest BCUT2D eigenvalue weighted by atomic mass is 10.2. The van der Waals surface area contributed by atoms with Crippen molar-refractivity contribution in [3.63, 3.8) is 0 Å². The molecule has 0 spiro atoms. The molecule has 0 fully saturated rings. The molecule has 0 aliphatic rings. The van der Waals surface area contributed by atoms with Gasteiger partial charge in [0.05, 0.1) is 16.7 Å². The molecule has 0 unspecified atom stereocenters. The van der Waals surface area contributed by atoms with Gasteiger partial charge < -0.3 is 4.42 Å². The highest BCUT2D eigenvalue weighted by Gasteiger charge is 2.11. The van der Waals surface area contributed by atoms with E-state index in [1.165, 1.54) is 18.2 Å². The lowest BCUT2D eigenvalue weighted by Crippen LogP contribution is -2.40. The van der Waals surface area contributed by atoms with Crippen LogP contribution < -0.4 is 10.9 Å². The number of furan rings is 1. The van der Waals surface area contributed by atoms with Gasteiger partial charge in [-0.3, -0.25) is 30.6 Å². The van der Waals surface area contributed by atoms with Crippen LogP contribution in [-0.4, -0.2) is 16.7 Å². The van der Waals surface area contributed by atoms with E-state index in [1.807, 2.05) is 0 Å². The maximum atomic E-state index is 11.8. The summed E-state index contributed by atoms with van der Waals surface area (Å²) < 4.78 is 4.84. The average Bonchev–Trinajstić information content (AvgIpc) is 3.00. The van der Waals surface area contributed by atoms with Gasteiger partial charge in [0.1, 0.15) is 10.7 Å². The molecule has 2 rings (SSSR count). The second-order valence-electron chi connectivity index (χ2n) is 4.19. The molecule has 8 nitrogen and oxygen atoms in total. The molecule has 2 N–H and O–H groups in total. The smallest absolute Gasteiger partial charge is 0.401 e. The fourth-order valence-electron chi connectivity index (χ4n) is 1.56. The Balaban J connectivity index is 1.89. The van der Waals surface area contributed by atoms with Crippen molar-refractivity contribution in [1.29, 1.82) is 0 Å². The van der Waals surface area contributed by atoms with Gasteiger partial charge in [-0.05, 0) is 24.3 Å². The number of nitrogens with zero attached hydrogens (tertiary/aromatic N) is 1. The Kier molecular flexibility index (Phi) is 5.11. The molecule has 118 valence electrons. The molecule has 0 aliphatic heterocycles. The third kappa shape index (κ3) is 4.42. The highest BCUT2D eigenvalue weighted by molar-refractivity contribution is 6.33. The van der Waals surface area contributed by atoms with Crippen molar-refractivity contribution < 1.29 is 18.9 Å². The zero-order valence-electron chi connectivity index (χ0n) is 11.5. The Bertz CT molecular complexity index is 784. The number of benzene rings is 1. The van der Waals surface area contributed by atoms with Gasteiger partial charge in [0, 0.05) is 6.08 Å². The maximum absolute atomic E-state index is 11.8. The normalized spacial score (nSPS) is 10.5. The quantitative estimate of drug-likeness (QED) is 0.505. The molecule has 0 radical (unpaired) electrons. The number of halogens is 1. The number of nitro groups is 1. The second kappa shape index (κ2) is 7.23. The summed E-state index contributed by atoms with van der Waals surface area (Å²) >= 11 is 5.85. The van der Waals surface area contributed by atoms with Gasteiger partial charge in [0.25, 0.3) is 11.8 Å². The summed E-state index contributed by atoms with van der Waals surface area (Å²) in [6, 6.07) is 8.85. The number of hydrogen-bond acceptors (Lipinski definition) is 5. The van der Waals surface area contributed by atoms with E-state index >= 15 is 0 Å². The van der Waals surface area contributed by atoms with Crippen LogP contribution in [0.15, 0.2) is 46.9 Å². The summed E-state index contributed by atoms with van der Waals surface area (Å²) in [4.78, 5) is 33.1. The van der Waals surface area contributed by atoms with E-state index in [2.05, 4.69) is 10.9 Å². The topological polar surface area (TPSA) is 114 Å². The van der Waals surface area contributed by atoms with Crippen LogP contribution in [0.1, 0.15) is 16.1 Å². The first kappa shape index (κ1) is 16.2. The monoisotopic (exact) mass is 335 g/mol. The van der Waals surface area contributed by atoms with E-state index in [4.69, 9.17) is 16.0 Å². The molecule has 9 heteroatoms. The predicted molar refractivity (Wildman–Crippen MR) is 81.5 cm³/mol. The van der Waals surface area contributed by atoms with Gasteiger partial charge in [-0.1, -0.05) is 23.7 Å². The molecule has 0 saturated heterocycles. The van der Waals surface area contributed by atoms with Crippen molar-refractivity contribution in [3.8, 4) is 0 Å². The van der Waals surface area contributed by atoms with Crippen molar-refractivity contribution >= 4 is 35.4 Å². The molecular formula is C14H10ClN3O5. The molecule has 0 bridgehead atoms. The summed E-state index contributed by atoms with van der Waals surface area (Å²) in [7, 11) is 0. The first-order chi connectivity index (χ1) is 11.0. The molecule has 2 amide bonds. The van der Waals surface area contributed by atoms with Crippen LogP contribution in [0.2, 0.25) is 5.02 Å². The fraction of sp³-hybridized carbons (Fsp3) is 0. The third-order valence-corrected chi connectivity index (χ3v) is 2.94. The van der Waals surface area contributed by atoms with E-state index in [1.54, 1.807) is 18.2 Å². The van der Waals surface area contributed by atoms with Gasteiger partial charge in [0.15, 0.2) is 0 Å². The zero-order chi connectivity index (χ0) is 16.8. The number of carbonyl (C=O) groups excluding carboxylic acids is 2. The van der Waals surface area contributed by atoms with Gasteiger partial charge >= 0.3 is 5.88 Å². The van der Waals surface area contributed by atoms with E-state index in [9.17, 15) is 19.7 Å². The summed E-state index contributed by atoms with van der Waals surface area (Å²) in [5, 5.41) is 10.7. The van der Waals surface area contributed by atoms with E-state index in [-0.39, 0.29) is 16.3 Å². The van der Waals surface area contributed by atoms with Crippen molar-refractivity contribution in [3.05, 3.63) is 68.9 Å². The number of rotatable bonds is 4. The van der Waals surface area contributed by atoms with Crippen LogP contribution in [0.3, 0.4) is 0 Å². The van der Waals surface area contributed by atoms with Crippen LogP contribution in [-0.2, 0) is 4.79 Å². The van der Waals surface area contributed by atoms with E-state index in [0.29, 0.717) is 0 Å². The molecule has 1 aromatic carbocycles. The largest absolute Gasteiger partial charge is 0.433 e. The highest BCUT2D eigenvalue weighted by atomic mass is 35.5. The molecule has 0 saturated carbocycles. The van der Waals surface area contributed by atoms with Crippen molar-refractivity contribution in [2.24, 2.45) is 0 Å². The molecule has 1 heterocycles. The molecule has 1 aromatic heterocycles. The fourth-order valence-corrected chi connectivity index (χ4v) is 1.78. The number of nitrogens with one attached hydrogen (secondary N) is 2. The predicted octanol–water partition coefficient (Wildman–Crippen LogP) is 2.32. The number of amides is 2. The molecule has 0 aliphatic carbocycles.